The third-order valence-electron chi connectivity index (χ3n) is 3.58. The normalized spacial score (nSPS) is 12.5. The molecule has 0 aliphatic heterocycles. The Balaban J connectivity index is 1.59. The van der Waals surface area contributed by atoms with Gasteiger partial charge in [-0.05, 0) is 43.0 Å². The van der Waals surface area contributed by atoms with Crippen molar-refractivity contribution in [1.82, 2.24) is 4.98 Å². The molecule has 0 saturated heterocycles. The predicted octanol–water partition coefficient (Wildman–Crippen LogP) is 2.93. The standard InChI is InChI=1S/C17H17N3O/c18-12-14-11-13-5-4-8-16(13)20-17(14)19-9-10-21-15-6-2-1-3-7-15/h1-3,6-7,11H,4-5,8-10H2,(H,19,20). The fourth-order valence-electron chi connectivity index (χ4n) is 2.55. The van der Waals surface area contributed by atoms with E-state index in [0.29, 0.717) is 24.5 Å². The highest BCUT2D eigenvalue weighted by Gasteiger charge is 2.16. The van der Waals surface area contributed by atoms with Crippen molar-refractivity contribution in [3.8, 4) is 11.8 Å². The highest BCUT2D eigenvalue weighted by Crippen LogP contribution is 2.24. The van der Waals surface area contributed by atoms with Gasteiger partial charge < -0.3 is 10.1 Å². The van der Waals surface area contributed by atoms with Gasteiger partial charge in [-0.2, -0.15) is 5.26 Å². The zero-order valence-corrected chi connectivity index (χ0v) is 11.8. The number of aromatic nitrogens is 1. The number of nitriles is 1. The largest absolute Gasteiger partial charge is 0.492 e. The zero-order valence-electron chi connectivity index (χ0n) is 11.8. The van der Waals surface area contributed by atoms with Gasteiger partial charge in [-0.25, -0.2) is 4.98 Å². The molecule has 0 saturated carbocycles. The minimum atomic E-state index is 0.535. The molecule has 3 rings (SSSR count). The average molecular weight is 279 g/mol. The summed E-state index contributed by atoms with van der Waals surface area (Å²) in [5.41, 5.74) is 2.97. The van der Waals surface area contributed by atoms with Crippen LogP contribution in [0.3, 0.4) is 0 Å². The van der Waals surface area contributed by atoms with Gasteiger partial charge in [0.25, 0.3) is 0 Å². The molecule has 0 spiro atoms. The van der Waals surface area contributed by atoms with E-state index in [1.54, 1.807) is 0 Å². The summed E-state index contributed by atoms with van der Waals surface area (Å²) < 4.78 is 5.62. The third kappa shape index (κ3) is 3.14. The van der Waals surface area contributed by atoms with Crippen LogP contribution in [0, 0.1) is 11.3 Å². The molecule has 21 heavy (non-hydrogen) atoms. The van der Waals surface area contributed by atoms with Gasteiger partial charge in [-0.15, -0.1) is 0 Å². The number of nitrogens with one attached hydrogen (secondary N) is 1. The molecule has 0 fully saturated rings. The molecule has 1 aliphatic carbocycles. The Morgan fingerprint density at radius 2 is 2.10 bits per heavy atom. The van der Waals surface area contributed by atoms with E-state index in [0.717, 1.165) is 30.7 Å². The first-order valence-electron chi connectivity index (χ1n) is 7.21. The van der Waals surface area contributed by atoms with Gasteiger partial charge >= 0.3 is 0 Å². The van der Waals surface area contributed by atoms with E-state index in [2.05, 4.69) is 16.4 Å². The number of benzene rings is 1. The Kier molecular flexibility index (Phi) is 4.02. The van der Waals surface area contributed by atoms with Crippen molar-refractivity contribution in [2.45, 2.75) is 19.3 Å². The summed E-state index contributed by atoms with van der Waals surface area (Å²) in [7, 11) is 0. The van der Waals surface area contributed by atoms with Crippen LogP contribution in [0.1, 0.15) is 23.2 Å². The van der Waals surface area contributed by atoms with E-state index < -0.39 is 0 Å². The molecule has 0 bridgehead atoms. The number of hydrogen-bond acceptors (Lipinski definition) is 4. The molecule has 1 aliphatic rings. The number of fused-ring (bicyclic) bond motifs is 1. The SMILES string of the molecule is N#Cc1cc2c(nc1NCCOc1ccccc1)CCC2. The van der Waals surface area contributed by atoms with E-state index in [1.807, 2.05) is 36.4 Å². The van der Waals surface area contributed by atoms with Crippen LogP contribution in [-0.4, -0.2) is 18.1 Å². The van der Waals surface area contributed by atoms with Crippen molar-refractivity contribution in [3.63, 3.8) is 0 Å². The minimum absolute atomic E-state index is 0.535. The molecule has 0 atom stereocenters. The fourth-order valence-corrected chi connectivity index (χ4v) is 2.55. The molecule has 1 aromatic heterocycles. The third-order valence-corrected chi connectivity index (χ3v) is 3.58. The van der Waals surface area contributed by atoms with E-state index in [9.17, 15) is 5.26 Å². The smallest absolute Gasteiger partial charge is 0.144 e. The highest BCUT2D eigenvalue weighted by atomic mass is 16.5. The summed E-state index contributed by atoms with van der Waals surface area (Å²) >= 11 is 0. The molecular weight excluding hydrogens is 262 g/mol. The topological polar surface area (TPSA) is 57.9 Å². The summed E-state index contributed by atoms with van der Waals surface area (Å²) in [4.78, 5) is 4.58. The first-order chi connectivity index (χ1) is 10.4. The molecule has 1 N–H and O–H groups in total. The highest BCUT2D eigenvalue weighted by molar-refractivity contribution is 5.55. The zero-order chi connectivity index (χ0) is 14.5. The maximum Gasteiger partial charge on any atom is 0.144 e. The average Bonchev–Trinajstić information content (AvgIpc) is 2.99. The van der Waals surface area contributed by atoms with Crippen molar-refractivity contribution in [2.75, 3.05) is 18.5 Å². The van der Waals surface area contributed by atoms with Crippen molar-refractivity contribution < 1.29 is 4.74 Å². The van der Waals surface area contributed by atoms with Crippen LogP contribution in [-0.2, 0) is 12.8 Å². The van der Waals surface area contributed by atoms with Crippen LogP contribution < -0.4 is 10.1 Å². The summed E-state index contributed by atoms with van der Waals surface area (Å²) in [5, 5.41) is 12.4. The number of hydrogen-bond donors (Lipinski definition) is 1. The van der Waals surface area contributed by atoms with Crippen molar-refractivity contribution >= 4 is 5.82 Å². The van der Waals surface area contributed by atoms with Crippen molar-refractivity contribution in [1.29, 1.82) is 5.26 Å². The first kappa shape index (κ1) is 13.4. The van der Waals surface area contributed by atoms with Crippen LogP contribution in [0.2, 0.25) is 0 Å². The summed E-state index contributed by atoms with van der Waals surface area (Å²) in [6, 6.07) is 13.9. The lowest BCUT2D eigenvalue weighted by atomic mass is 10.1. The number of anilines is 1. The molecule has 4 nitrogen and oxygen atoms in total. The lowest BCUT2D eigenvalue weighted by Crippen LogP contribution is -2.14. The molecule has 1 aromatic carbocycles. The maximum absolute atomic E-state index is 9.22. The van der Waals surface area contributed by atoms with Gasteiger partial charge in [0.1, 0.15) is 24.2 Å². The second-order valence-corrected chi connectivity index (χ2v) is 5.04. The second-order valence-electron chi connectivity index (χ2n) is 5.04. The lowest BCUT2D eigenvalue weighted by Gasteiger charge is -2.10. The van der Waals surface area contributed by atoms with Crippen molar-refractivity contribution in [3.05, 3.63) is 53.2 Å². The number of aryl methyl sites for hydroxylation is 2. The second kappa shape index (κ2) is 6.27. The monoisotopic (exact) mass is 279 g/mol. The molecule has 2 aromatic rings. The van der Waals surface area contributed by atoms with Gasteiger partial charge in [0.05, 0.1) is 12.1 Å². The maximum atomic E-state index is 9.22. The summed E-state index contributed by atoms with van der Waals surface area (Å²) in [5.74, 6) is 1.52. The van der Waals surface area contributed by atoms with Crippen molar-refractivity contribution in [2.24, 2.45) is 0 Å². The number of pyridine rings is 1. The Morgan fingerprint density at radius 3 is 2.90 bits per heavy atom. The van der Waals surface area contributed by atoms with Crippen LogP contribution >= 0.6 is 0 Å². The fraction of sp³-hybridized carbons (Fsp3) is 0.294. The van der Waals surface area contributed by atoms with Gasteiger partial charge in [-0.3, -0.25) is 0 Å². The van der Waals surface area contributed by atoms with Crippen LogP contribution in [0.4, 0.5) is 5.82 Å². The number of ether oxygens (including phenoxy) is 1. The Morgan fingerprint density at radius 1 is 1.24 bits per heavy atom. The molecule has 1 heterocycles. The van der Waals surface area contributed by atoms with Crippen LogP contribution in [0.5, 0.6) is 5.75 Å². The van der Waals surface area contributed by atoms with Gasteiger partial charge in [-0.1, -0.05) is 18.2 Å². The lowest BCUT2D eigenvalue weighted by molar-refractivity contribution is 0.332. The van der Waals surface area contributed by atoms with E-state index in [4.69, 9.17) is 4.74 Å². The van der Waals surface area contributed by atoms with Gasteiger partial charge in [0.2, 0.25) is 0 Å². The molecule has 4 heteroatoms. The quantitative estimate of drug-likeness (QED) is 0.855. The number of para-hydroxylation sites is 1. The summed E-state index contributed by atoms with van der Waals surface area (Å²) in [6.07, 6.45) is 3.18. The molecule has 106 valence electrons. The van der Waals surface area contributed by atoms with E-state index >= 15 is 0 Å². The molecule has 0 amide bonds. The number of rotatable bonds is 5. The molecular formula is C17H17N3O. The molecule has 0 radical (unpaired) electrons. The van der Waals surface area contributed by atoms with Crippen LogP contribution in [0.25, 0.3) is 0 Å². The van der Waals surface area contributed by atoms with E-state index in [-0.39, 0.29) is 0 Å². The van der Waals surface area contributed by atoms with Crippen LogP contribution in [0.15, 0.2) is 36.4 Å². The Bertz CT molecular complexity index is 662. The minimum Gasteiger partial charge on any atom is -0.492 e. The Labute approximate surface area is 124 Å². The summed E-state index contributed by atoms with van der Waals surface area (Å²) in [6.45, 7) is 1.16. The first-order valence-corrected chi connectivity index (χ1v) is 7.21. The number of nitrogens with zero attached hydrogens (tertiary/aromatic N) is 2. The van der Waals surface area contributed by atoms with Gasteiger partial charge in [0.15, 0.2) is 0 Å². The van der Waals surface area contributed by atoms with E-state index in [1.165, 1.54) is 5.56 Å². The molecule has 0 unspecified atom stereocenters. The van der Waals surface area contributed by atoms with Gasteiger partial charge in [0, 0.05) is 5.69 Å². The predicted molar refractivity (Wildman–Crippen MR) is 81.4 cm³/mol. The Hall–Kier alpha value is -2.54.